The van der Waals surface area contributed by atoms with Gasteiger partial charge in [0.15, 0.2) is 6.61 Å². The molecule has 0 radical (unpaired) electrons. The first-order valence-corrected chi connectivity index (χ1v) is 12.8. The van der Waals surface area contributed by atoms with Crippen LogP contribution in [0.15, 0.2) is 59.5 Å². The predicted octanol–water partition coefficient (Wildman–Crippen LogP) is 1.87. The van der Waals surface area contributed by atoms with Crippen LogP contribution in [-0.2, 0) is 26.2 Å². The lowest BCUT2D eigenvalue weighted by Gasteiger charge is -2.19. The average molecular weight is 480 g/mol. The van der Waals surface area contributed by atoms with Crippen molar-refractivity contribution in [2.45, 2.75) is 23.9 Å². The molecule has 0 saturated heterocycles. The first kappa shape index (κ1) is 25.7. The lowest BCUT2D eigenvalue weighted by Crippen LogP contribution is -2.48. The van der Waals surface area contributed by atoms with Crippen molar-refractivity contribution < 1.29 is 22.7 Å². The number of nitrogens with one attached hydrogen (secondary N) is 2. The van der Waals surface area contributed by atoms with Gasteiger partial charge < -0.3 is 15.4 Å². The van der Waals surface area contributed by atoms with Crippen LogP contribution in [0.2, 0.25) is 0 Å². The third-order valence-corrected chi connectivity index (χ3v) is 7.12. The van der Waals surface area contributed by atoms with E-state index in [2.05, 4.69) is 10.6 Å². The Labute approximate surface area is 193 Å². The molecule has 0 fully saturated rings. The Bertz CT molecular complexity index is 998. The van der Waals surface area contributed by atoms with Crippen molar-refractivity contribution in [1.82, 2.24) is 14.9 Å². The zero-order valence-corrected chi connectivity index (χ0v) is 20.0. The highest BCUT2D eigenvalue weighted by atomic mass is 32.2. The van der Waals surface area contributed by atoms with Crippen molar-refractivity contribution in [1.29, 1.82) is 0 Å². The monoisotopic (exact) mass is 479 g/mol. The minimum Gasteiger partial charge on any atom is -0.484 e. The highest BCUT2D eigenvalue weighted by molar-refractivity contribution is 7.98. The van der Waals surface area contributed by atoms with Crippen LogP contribution in [0.25, 0.3) is 0 Å². The van der Waals surface area contributed by atoms with E-state index in [1.165, 1.54) is 20.2 Å². The second-order valence-corrected chi connectivity index (χ2v) is 10.2. The molecule has 0 aliphatic heterocycles. The van der Waals surface area contributed by atoms with Crippen LogP contribution < -0.4 is 15.4 Å². The van der Waals surface area contributed by atoms with E-state index in [9.17, 15) is 18.0 Å². The number of amides is 2. The zero-order valence-electron chi connectivity index (χ0n) is 18.4. The Morgan fingerprint density at radius 1 is 1.06 bits per heavy atom. The summed E-state index contributed by atoms with van der Waals surface area (Å²) < 4.78 is 31.7. The first-order chi connectivity index (χ1) is 15.3. The van der Waals surface area contributed by atoms with Gasteiger partial charge in [0, 0.05) is 20.6 Å². The van der Waals surface area contributed by atoms with Crippen molar-refractivity contribution in [2.75, 3.05) is 32.7 Å². The number of carbonyl (C=O) groups excluding carboxylic acids is 2. The molecule has 0 aromatic heterocycles. The molecule has 0 bridgehead atoms. The van der Waals surface area contributed by atoms with Crippen molar-refractivity contribution in [2.24, 2.45) is 0 Å². The third-order valence-electron chi connectivity index (χ3n) is 4.56. The number of nitrogens with zero attached hydrogens (tertiary/aromatic N) is 1. The smallest absolute Gasteiger partial charge is 0.258 e. The number of para-hydroxylation sites is 1. The third kappa shape index (κ3) is 7.54. The van der Waals surface area contributed by atoms with Crippen molar-refractivity contribution in [3.05, 3.63) is 60.2 Å². The van der Waals surface area contributed by atoms with Gasteiger partial charge in [-0.15, -0.1) is 0 Å². The molecule has 0 spiro atoms. The summed E-state index contributed by atoms with van der Waals surface area (Å²) in [6.07, 6.45) is 2.35. The number of rotatable bonds is 12. The van der Waals surface area contributed by atoms with Crippen molar-refractivity contribution >= 4 is 33.6 Å². The van der Waals surface area contributed by atoms with Crippen LogP contribution in [0.1, 0.15) is 12.0 Å². The van der Waals surface area contributed by atoms with Gasteiger partial charge in [-0.25, -0.2) is 12.7 Å². The van der Waals surface area contributed by atoms with Gasteiger partial charge in [0.25, 0.3) is 5.91 Å². The maximum Gasteiger partial charge on any atom is 0.258 e. The standard InChI is InChI=1S/C22H29N3O5S2/c1-25(2)32(28,29)20-12-8-7-9-17(20)15-23-22(27)19(13-14-31-3)24-21(26)16-30-18-10-5-4-6-11-18/h4-12,19H,13-16H2,1-3H3,(H,23,27)(H,24,26). The SMILES string of the molecule is CSCCC(NC(=O)COc1ccccc1)C(=O)NCc1ccccc1S(=O)(=O)N(C)C. The van der Waals surface area contributed by atoms with Crippen LogP contribution in [0.3, 0.4) is 0 Å². The minimum absolute atomic E-state index is 0.0221. The highest BCUT2D eigenvalue weighted by Gasteiger charge is 2.23. The molecule has 0 saturated carbocycles. The quantitative estimate of drug-likeness (QED) is 0.482. The maximum atomic E-state index is 12.8. The number of carbonyl (C=O) groups is 2. The van der Waals surface area contributed by atoms with E-state index in [1.54, 1.807) is 54.2 Å². The largest absolute Gasteiger partial charge is 0.484 e. The van der Waals surface area contributed by atoms with E-state index in [1.807, 2.05) is 12.3 Å². The normalized spacial score (nSPS) is 12.2. The molecule has 0 heterocycles. The Morgan fingerprint density at radius 3 is 2.38 bits per heavy atom. The van der Waals surface area contributed by atoms with Crippen LogP contribution >= 0.6 is 11.8 Å². The summed E-state index contributed by atoms with van der Waals surface area (Å²) in [6, 6.07) is 14.7. The van der Waals surface area contributed by atoms with E-state index in [0.29, 0.717) is 23.5 Å². The Kier molecular flexibility index (Phi) is 10.0. The predicted molar refractivity (Wildman–Crippen MR) is 126 cm³/mol. The molecule has 174 valence electrons. The Morgan fingerprint density at radius 2 is 1.72 bits per heavy atom. The van der Waals surface area contributed by atoms with Crippen LogP contribution in [-0.4, -0.2) is 63.3 Å². The van der Waals surface area contributed by atoms with Crippen LogP contribution in [0, 0.1) is 0 Å². The molecule has 1 unspecified atom stereocenters. The molecule has 8 nitrogen and oxygen atoms in total. The summed E-state index contributed by atoms with van der Waals surface area (Å²) in [4.78, 5) is 25.2. The second-order valence-electron chi connectivity index (χ2n) is 7.12. The topological polar surface area (TPSA) is 105 Å². The molecule has 2 amide bonds. The number of benzene rings is 2. The lowest BCUT2D eigenvalue weighted by atomic mass is 10.2. The fourth-order valence-electron chi connectivity index (χ4n) is 2.81. The summed E-state index contributed by atoms with van der Waals surface area (Å²) in [6.45, 7) is -0.189. The number of thioether (sulfide) groups is 1. The van der Waals surface area contributed by atoms with Gasteiger partial charge >= 0.3 is 0 Å². The first-order valence-electron chi connectivity index (χ1n) is 10.00. The van der Waals surface area contributed by atoms with Crippen LogP contribution in [0.5, 0.6) is 5.75 Å². The molecular weight excluding hydrogens is 450 g/mol. The minimum atomic E-state index is -3.65. The summed E-state index contributed by atoms with van der Waals surface area (Å²) >= 11 is 1.56. The molecule has 0 aliphatic rings. The highest BCUT2D eigenvalue weighted by Crippen LogP contribution is 2.18. The number of hydrogen-bond acceptors (Lipinski definition) is 6. The van der Waals surface area contributed by atoms with E-state index in [-0.39, 0.29) is 24.0 Å². The van der Waals surface area contributed by atoms with E-state index in [0.717, 1.165) is 4.31 Å². The summed E-state index contributed by atoms with van der Waals surface area (Å²) in [7, 11) is -0.741. The molecule has 10 heteroatoms. The summed E-state index contributed by atoms with van der Waals surface area (Å²) in [5, 5.41) is 5.46. The van der Waals surface area contributed by atoms with Gasteiger partial charge in [-0.05, 0) is 42.2 Å². The average Bonchev–Trinajstić information content (AvgIpc) is 2.79. The summed E-state index contributed by atoms with van der Waals surface area (Å²) in [5.41, 5.74) is 0.469. The molecule has 0 aliphatic carbocycles. The van der Waals surface area contributed by atoms with Gasteiger partial charge in [-0.3, -0.25) is 9.59 Å². The fourth-order valence-corrected chi connectivity index (χ4v) is 4.40. The molecular formula is C22H29N3O5S2. The number of hydrogen-bond donors (Lipinski definition) is 2. The fraction of sp³-hybridized carbons (Fsp3) is 0.364. The molecule has 2 N–H and O–H groups in total. The molecule has 2 aromatic carbocycles. The molecule has 1 atom stereocenters. The van der Waals surface area contributed by atoms with Gasteiger partial charge in [0.2, 0.25) is 15.9 Å². The van der Waals surface area contributed by atoms with E-state index >= 15 is 0 Å². The number of ether oxygens (including phenoxy) is 1. The van der Waals surface area contributed by atoms with Crippen LogP contribution in [0.4, 0.5) is 0 Å². The van der Waals surface area contributed by atoms with Crippen molar-refractivity contribution in [3.8, 4) is 5.75 Å². The summed E-state index contributed by atoms with van der Waals surface area (Å²) in [5.74, 6) is 0.435. The van der Waals surface area contributed by atoms with Crippen molar-refractivity contribution in [3.63, 3.8) is 0 Å². The van der Waals surface area contributed by atoms with E-state index < -0.39 is 22.0 Å². The number of sulfonamides is 1. The Hall–Kier alpha value is -2.56. The Balaban J connectivity index is 2.02. The zero-order chi connectivity index (χ0) is 23.6. The van der Waals surface area contributed by atoms with Gasteiger partial charge in [0.05, 0.1) is 4.90 Å². The molecule has 2 aromatic rings. The van der Waals surface area contributed by atoms with Gasteiger partial charge in [-0.1, -0.05) is 36.4 Å². The lowest BCUT2D eigenvalue weighted by molar-refractivity contribution is -0.130. The molecule has 32 heavy (non-hydrogen) atoms. The molecule has 2 rings (SSSR count). The second kappa shape index (κ2) is 12.5. The van der Waals surface area contributed by atoms with Gasteiger partial charge in [-0.2, -0.15) is 11.8 Å². The maximum absolute atomic E-state index is 12.8. The van der Waals surface area contributed by atoms with Gasteiger partial charge in [0.1, 0.15) is 11.8 Å². The van der Waals surface area contributed by atoms with E-state index in [4.69, 9.17) is 4.74 Å².